The van der Waals surface area contributed by atoms with E-state index < -0.39 is 0 Å². The van der Waals surface area contributed by atoms with Gasteiger partial charge < -0.3 is 15.2 Å². The van der Waals surface area contributed by atoms with Gasteiger partial charge in [0.15, 0.2) is 5.96 Å². The molecule has 33 heavy (non-hydrogen) atoms. The number of piperidine rings is 1. The lowest BCUT2D eigenvalue weighted by atomic mass is 10.0. The SMILES string of the molecule is CCNC(=NCc1ccc(-n2ccnc2C)c(F)c1)NC1CCN(Cc2ccccc2)CC1. The zero-order valence-electron chi connectivity index (χ0n) is 19.5. The molecule has 0 unspecified atom stereocenters. The summed E-state index contributed by atoms with van der Waals surface area (Å²) in [7, 11) is 0. The van der Waals surface area contributed by atoms with Crippen molar-refractivity contribution in [2.45, 2.75) is 45.8 Å². The van der Waals surface area contributed by atoms with E-state index in [0.717, 1.165) is 56.4 Å². The monoisotopic (exact) mass is 448 g/mol. The second-order valence-electron chi connectivity index (χ2n) is 8.51. The fourth-order valence-corrected chi connectivity index (χ4v) is 4.24. The molecule has 6 nitrogen and oxygen atoms in total. The standard InChI is InChI=1S/C26H33FN6/c1-3-28-26(31-23-11-14-32(15-12-23)19-21-7-5-4-6-8-21)30-18-22-9-10-25(24(27)17-22)33-16-13-29-20(33)2/h4-10,13,16-17,23H,3,11-12,14-15,18-19H2,1-2H3,(H2,28,30,31). The number of nitrogens with zero attached hydrogens (tertiary/aromatic N) is 4. The van der Waals surface area contributed by atoms with Crippen molar-refractivity contribution in [1.29, 1.82) is 0 Å². The summed E-state index contributed by atoms with van der Waals surface area (Å²) in [5, 5.41) is 6.90. The third kappa shape index (κ3) is 6.20. The minimum absolute atomic E-state index is 0.271. The molecule has 3 aromatic rings. The van der Waals surface area contributed by atoms with Crippen LogP contribution in [0.2, 0.25) is 0 Å². The average molecular weight is 449 g/mol. The molecule has 2 N–H and O–H groups in total. The molecule has 1 saturated heterocycles. The first-order valence-corrected chi connectivity index (χ1v) is 11.7. The van der Waals surface area contributed by atoms with Gasteiger partial charge in [0.25, 0.3) is 0 Å². The average Bonchev–Trinajstić information content (AvgIpc) is 3.25. The molecule has 0 radical (unpaired) electrons. The Morgan fingerprint density at radius 2 is 1.91 bits per heavy atom. The van der Waals surface area contributed by atoms with Gasteiger partial charge in [0, 0.05) is 44.6 Å². The summed E-state index contributed by atoms with van der Waals surface area (Å²) in [6.07, 6.45) is 5.59. The molecule has 1 aliphatic heterocycles. The van der Waals surface area contributed by atoms with Crippen LogP contribution in [0.25, 0.3) is 5.69 Å². The summed E-state index contributed by atoms with van der Waals surface area (Å²) in [5.74, 6) is 1.27. The van der Waals surface area contributed by atoms with Gasteiger partial charge in [0.2, 0.25) is 0 Å². The molecule has 0 bridgehead atoms. The minimum atomic E-state index is -0.271. The fraction of sp³-hybridized carbons (Fsp3) is 0.385. The summed E-state index contributed by atoms with van der Waals surface area (Å²) in [5.41, 5.74) is 2.70. The zero-order valence-corrected chi connectivity index (χ0v) is 19.5. The van der Waals surface area contributed by atoms with Gasteiger partial charge in [-0.25, -0.2) is 14.4 Å². The van der Waals surface area contributed by atoms with E-state index in [9.17, 15) is 4.39 Å². The van der Waals surface area contributed by atoms with Crippen molar-refractivity contribution in [1.82, 2.24) is 25.1 Å². The van der Waals surface area contributed by atoms with Crippen LogP contribution in [0.15, 0.2) is 65.9 Å². The summed E-state index contributed by atoms with van der Waals surface area (Å²) in [6, 6.07) is 16.3. The number of aryl methyl sites for hydroxylation is 1. The van der Waals surface area contributed by atoms with Crippen LogP contribution in [0.3, 0.4) is 0 Å². The van der Waals surface area contributed by atoms with Crippen molar-refractivity contribution in [2.24, 2.45) is 4.99 Å². The van der Waals surface area contributed by atoms with E-state index >= 15 is 0 Å². The third-order valence-electron chi connectivity index (χ3n) is 6.04. The lowest BCUT2D eigenvalue weighted by Gasteiger charge is -2.33. The lowest BCUT2D eigenvalue weighted by molar-refractivity contribution is 0.198. The highest BCUT2D eigenvalue weighted by Gasteiger charge is 2.20. The Hall–Kier alpha value is -3.19. The van der Waals surface area contributed by atoms with Crippen LogP contribution in [0, 0.1) is 12.7 Å². The summed E-state index contributed by atoms with van der Waals surface area (Å²) < 4.78 is 16.4. The number of rotatable bonds is 7. The Morgan fingerprint density at radius 3 is 2.58 bits per heavy atom. The molecule has 0 atom stereocenters. The van der Waals surface area contributed by atoms with E-state index in [1.807, 2.05) is 13.0 Å². The molecule has 174 valence electrons. The molecule has 2 heterocycles. The maximum Gasteiger partial charge on any atom is 0.191 e. The Kier molecular flexibility index (Phi) is 7.73. The maximum atomic E-state index is 14.7. The highest BCUT2D eigenvalue weighted by atomic mass is 19.1. The maximum absolute atomic E-state index is 14.7. The number of hydrogen-bond acceptors (Lipinski definition) is 3. The lowest BCUT2D eigenvalue weighted by Crippen LogP contribution is -2.48. The summed E-state index contributed by atoms with van der Waals surface area (Å²) >= 11 is 0. The van der Waals surface area contributed by atoms with E-state index in [1.54, 1.807) is 29.1 Å². The predicted molar refractivity (Wildman–Crippen MR) is 131 cm³/mol. The number of nitrogens with one attached hydrogen (secondary N) is 2. The Balaban J connectivity index is 1.32. The van der Waals surface area contributed by atoms with E-state index in [2.05, 4.69) is 57.8 Å². The van der Waals surface area contributed by atoms with E-state index in [-0.39, 0.29) is 5.82 Å². The van der Waals surface area contributed by atoms with Crippen LogP contribution in [0.4, 0.5) is 4.39 Å². The third-order valence-corrected chi connectivity index (χ3v) is 6.04. The molecule has 2 aromatic carbocycles. The Morgan fingerprint density at radius 1 is 1.12 bits per heavy atom. The Bertz CT molecular complexity index is 1050. The first kappa shape index (κ1) is 23.0. The molecule has 1 fully saturated rings. The van der Waals surface area contributed by atoms with E-state index in [1.165, 1.54) is 5.56 Å². The van der Waals surface area contributed by atoms with Crippen molar-refractivity contribution in [2.75, 3.05) is 19.6 Å². The van der Waals surface area contributed by atoms with Crippen molar-refractivity contribution >= 4 is 5.96 Å². The van der Waals surface area contributed by atoms with E-state index in [4.69, 9.17) is 4.99 Å². The first-order valence-electron chi connectivity index (χ1n) is 11.7. The van der Waals surface area contributed by atoms with Crippen LogP contribution in [0.5, 0.6) is 0 Å². The van der Waals surface area contributed by atoms with Gasteiger partial charge in [0.1, 0.15) is 11.6 Å². The van der Waals surface area contributed by atoms with Crippen LogP contribution >= 0.6 is 0 Å². The van der Waals surface area contributed by atoms with E-state index in [0.29, 0.717) is 18.3 Å². The number of benzene rings is 2. The van der Waals surface area contributed by atoms with Crippen LogP contribution < -0.4 is 10.6 Å². The molecule has 7 heteroatoms. The van der Waals surface area contributed by atoms with Crippen LogP contribution in [0.1, 0.15) is 36.7 Å². The quantitative estimate of drug-likeness (QED) is 0.423. The van der Waals surface area contributed by atoms with Gasteiger partial charge in [-0.2, -0.15) is 0 Å². The largest absolute Gasteiger partial charge is 0.357 e. The number of aliphatic imine (C=N–C) groups is 1. The Labute approximate surface area is 195 Å². The molecule has 4 rings (SSSR count). The molecule has 1 aliphatic rings. The van der Waals surface area contributed by atoms with Crippen LogP contribution in [-0.2, 0) is 13.1 Å². The topological polar surface area (TPSA) is 57.5 Å². The van der Waals surface area contributed by atoms with Crippen molar-refractivity contribution < 1.29 is 4.39 Å². The number of imidazole rings is 1. The second kappa shape index (κ2) is 11.1. The van der Waals surface area contributed by atoms with Gasteiger partial charge in [-0.05, 0) is 49.9 Å². The molecule has 0 saturated carbocycles. The highest BCUT2D eigenvalue weighted by molar-refractivity contribution is 5.80. The molecule has 0 amide bonds. The molecular weight excluding hydrogens is 415 g/mol. The molecule has 0 aliphatic carbocycles. The normalized spacial score (nSPS) is 15.5. The van der Waals surface area contributed by atoms with Crippen molar-refractivity contribution in [3.8, 4) is 5.69 Å². The first-order chi connectivity index (χ1) is 16.1. The van der Waals surface area contributed by atoms with Crippen LogP contribution in [-0.4, -0.2) is 46.1 Å². The number of likely N-dealkylation sites (tertiary alicyclic amines) is 1. The van der Waals surface area contributed by atoms with Gasteiger partial charge in [0.05, 0.1) is 12.2 Å². The smallest absolute Gasteiger partial charge is 0.191 e. The number of halogens is 1. The zero-order chi connectivity index (χ0) is 23.0. The fourth-order valence-electron chi connectivity index (χ4n) is 4.24. The number of hydrogen-bond donors (Lipinski definition) is 2. The minimum Gasteiger partial charge on any atom is -0.357 e. The summed E-state index contributed by atoms with van der Waals surface area (Å²) in [4.78, 5) is 11.4. The summed E-state index contributed by atoms with van der Waals surface area (Å²) in [6.45, 7) is 8.24. The molecule has 0 spiro atoms. The van der Waals surface area contributed by atoms with Gasteiger partial charge in [-0.15, -0.1) is 0 Å². The highest BCUT2D eigenvalue weighted by Crippen LogP contribution is 2.18. The second-order valence-corrected chi connectivity index (χ2v) is 8.51. The van der Waals surface area contributed by atoms with Crippen molar-refractivity contribution in [3.63, 3.8) is 0 Å². The van der Waals surface area contributed by atoms with Gasteiger partial charge in [-0.1, -0.05) is 36.4 Å². The number of guanidine groups is 1. The van der Waals surface area contributed by atoms with Gasteiger partial charge >= 0.3 is 0 Å². The van der Waals surface area contributed by atoms with Crippen molar-refractivity contribution in [3.05, 3.63) is 83.7 Å². The number of aromatic nitrogens is 2. The van der Waals surface area contributed by atoms with Gasteiger partial charge in [-0.3, -0.25) is 4.90 Å². The predicted octanol–water partition coefficient (Wildman–Crippen LogP) is 4.04. The molecule has 1 aromatic heterocycles. The molecular formula is C26H33FN6.